The molecule has 0 spiro atoms. The van der Waals surface area contributed by atoms with Crippen molar-refractivity contribution in [3.8, 4) is 0 Å². The summed E-state index contributed by atoms with van der Waals surface area (Å²) < 4.78 is 0. The number of nitrogens with zero attached hydrogens (tertiary/aromatic N) is 1. The number of thiophene rings is 1. The lowest BCUT2D eigenvalue weighted by Crippen LogP contribution is -2.41. The second kappa shape index (κ2) is 7.64. The summed E-state index contributed by atoms with van der Waals surface area (Å²) in [5.74, 6) is 2.00. The quantitative estimate of drug-likeness (QED) is 0.626. The Labute approximate surface area is 142 Å². The van der Waals surface area contributed by atoms with Gasteiger partial charge in [0.15, 0.2) is 5.96 Å². The molecule has 2 atom stereocenters. The number of aliphatic imine (C=N–C) groups is 1. The van der Waals surface area contributed by atoms with Crippen LogP contribution < -0.4 is 10.6 Å². The standard InChI is InChI=1S/C19H25N3S/c1-3-20-19(21-11-14(2)16-8-9-23-13-16)22-12-17-10-15-6-4-5-7-18(15)17/h4-9,13-14,17H,3,10-12H2,1-2H3,(H2,20,21,22). The maximum atomic E-state index is 4.75. The zero-order valence-corrected chi connectivity index (χ0v) is 14.7. The Balaban J connectivity index is 1.54. The molecular weight excluding hydrogens is 302 g/mol. The molecule has 4 heteroatoms. The van der Waals surface area contributed by atoms with Crippen molar-refractivity contribution in [3.63, 3.8) is 0 Å². The van der Waals surface area contributed by atoms with Crippen LogP contribution in [0, 0.1) is 0 Å². The fourth-order valence-corrected chi connectivity index (χ4v) is 3.78. The van der Waals surface area contributed by atoms with Crippen molar-refractivity contribution in [2.45, 2.75) is 32.1 Å². The van der Waals surface area contributed by atoms with Gasteiger partial charge in [0.1, 0.15) is 0 Å². The third-order valence-corrected chi connectivity index (χ3v) is 5.16. The molecule has 1 heterocycles. The molecule has 2 aromatic rings. The molecule has 1 aromatic carbocycles. The molecule has 1 aromatic heterocycles. The molecule has 0 radical (unpaired) electrons. The van der Waals surface area contributed by atoms with Gasteiger partial charge in [-0.15, -0.1) is 0 Å². The monoisotopic (exact) mass is 327 g/mol. The Morgan fingerprint density at radius 1 is 1.30 bits per heavy atom. The average molecular weight is 327 g/mol. The SMILES string of the molecule is CCNC(=NCC(C)c1ccsc1)NCC1Cc2ccccc21. The van der Waals surface area contributed by atoms with E-state index in [9.17, 15) is 0 Å². The van der Waals surface area contributed by atoms with Crippen LogP contribution in [0.15, 0.2) is 46.1 Å². The van der Waals surface area contributed by atoms with Gasteiger partial charge in [0.05, 0.1) is 0 Å². The van der Waals surface area contributed by atoms with Crippen molar-refractivity contribution in [1.29, 1.82) is 0 Å². The number of fused-ring (bicyclic) bond motifs is 1. The third-order valence-electron chi connectivity index (χ3n) is 4.46. The van der Waals surface area contributed by atoms with Crippen LogP contribution in [-0.2, 0) is 6.42 Å². The molecule has 2 unspecified atom stereocenters. The Morgan fingerprint density at radius 3 is 2.91 bits per heavy atom. The molecule has 0 aliphatic heterocycles. The Bertz CT molecular complexity index is 648. The van der Waals surface area contributed by atoms with Gasteiger partial charge in [0.2, 0.25) is 0 Å². The predicted molar refractivity (Wildman–Crippen MR) is 99.6 cm³/mol. The van der Waals surface area contributed by atoms with Crippen LogP contribution in [0.5, 0.6) is 0 Å². The lowest BCUT2D eigenvalue weighted by atomic mass is 9.78. The first-order valence-electron chi connectivity index (χ1n) is 8.40. The average Bonchev–Trinajstić information content (AvgIpc) is 3.07. The minimum absolute atomic E-state index is 0.459. The molecule has 2 N–H and O–H groups in total. The second-order valence-electron chi connectivity index (χ2n) is 6.16. The lowest BCUT2D eigenvalue weighted by molar-refractivity contribution is 0.583. The summed E-state index contributed by atoms with van der Waals surface area (Å²) in [5, 5.41) is 11.2. The van der Waals surface area contributed by atoms with Crippen LogP contribution >= 0.6 is 11.3 Å². The van der Waals surface area contributed by atoms with E-state index in [4.69, 9.17) is 4.99 Å². The highest BCUT2D eigenvalue weighted by molar-refractivity contribution is 7.07. The molecule has 3 rings (SSSR count). The molecule has 0 saturated carbocycles. The van der Waals surface area contributed by atoms with E-state index < -0.39 is 0 Å². The Hall–Kier alpha value is -1.81. The Kier molecular flexibility index (Phi) is 5.34. The number of hydrogen-bond donors (Lipinski definition) is 2. The Morgan fingerprint density at radius 2 is 2.17 bits per heavy atom. The van der Waals surface area contributed by atoms with E-state index in [2.05, 4.69) is 65.6 Å². The summed E-state index contributed by atoms with van der Waals surface area (Å²) in [7, 11) is 0. The smallest absolute Gasteiger partial charge is 0.191 e. The zero-order chi connectivity index (χ0) is 16.1. The van der Waals surface area contributed by atoms with Gasteiger partial charge in [0.25, 0.3) is 0 Å². The summed E-state index contributed by atoms with van der Waals surface area (Å²) >= 11 is 1.75. The van der Waals surface area contributed by atoms with Crippen LogP contribution in [0.25, 0.3) is 0 Å². The van der Waals surface area contributed by atoms with Gasteiger partial charge in [-0.25, -0.2) is 0 Å². The van der Waals surface area contributed by atoms with E-state index in [-0.39, 0.29) is 0 Å². The van der Waals surface area contributed by atoms with Crippen LogP contribution in [0.2, 0.25) is 0 Å². The molecule has 3 nitrogen and oxygen atoms in total. The molecule has 1 aliphatic rings. The predicted octanol–water partition coefficient (Wildman–Crippen LogP) is 3.75. The molecule has 0 fully saturated rings. The van der Waals surface area contributed by atoms with Crippen molar-refractivity contribution < 1.29 is 0 Å². The van der Waals surface area contributed by atoms with Gasteiger partial charge in [-0.1, -0.05) is 31.2 Å². The largest absolute Gasteiger partial charge is 0.357 e. The van der Waals surface area contributed by atoms with Crippen molar-refractivity contribution in [2.24, 2.45) is 4.99 Å². The zero-order valence-electron chi connectivity index (χ0n) is 13.9. The maximum Gasteiger partial charge on any atom is 0.191 e. The summed E-state index contributed by atoms with van der Waals surface area (Å²) in [6.07, 6.45) is 1.17. The number of guanidine groups is 1. The van der Waals surface area contributed by atoms with E-state index in [1.54, 1.807) is 11.3 Å². The van der Waals surface area contributed by atoms with Gasteiger partial charge in [0, 0.05) is 31.5 Å². The van der Waals surface area contributed by atoms with E-state index in [1.807, 2.05) is 0 Å². The summed E-state index contributed by atoms with van der Waals surface area (Å²) in [5.41, 5.74) is 4.36. The van der Waals surface area contributed by atoms with Crippen molar-refractivity contribution in [3.05, 3.63) is 57.8 Å². The minimum atomic E-state index is 0.459. The highest BCUT2D eigenvalue weighted by atomic mass is 32.1. The summed E-state index contributed by atoms with van der Waals surface area (Å²) in [4.78, 5) is 4.75. The minimum Gasteiger partial charge on any atom is -0.357 e. The fourth-order valence-electron chi connectivity index (χ4n) is 3.00. The summed E-state index contributed by atoms with van der Waals surface area (Å²) in [6, 6.07) is 10.9. The van der Waals surface area contributed by atoms with Crippen molar-refractivity contribution >= 4 is 17.3 Å². The van der Waals surface area contributed by atoms with E-state index in [1.165, 1.54) is 23.1 Å². The normalized spacial score (nSPS) is 18.0. The van der Waals surface area contributed by atoms with Crippen LogP contribution in [0.1, 0.15) is 42.4 Å². The maximum absolute atomic E-state index is 4.75. The van der Waals surface area contributed by atoms with Gasteiger partial charge in [-0.05, 0) is 46.9 Å². The van der Waals surface area contributed by atoms with Crippen molar-refractivity contribution in [2.75, 3.05) is 19.6 Å². The van der Waals surface area contributed by atoms with Gasteiger partial charge in [-0.3, -0.25) is 4.99 Å². The molecule has 1 aliphatic carbocycles. The van der Waals surface area contributed by atoms with Gasteiger partial charge < -0.3 is 10.6 Å². The topological polar surface area (TPSA) is 36.4 Å². The highest BCUT2D eigenvalue weighted by Crippen LogP contribution is 2.33. The van der Waals surface area contributed by atoms with E-state index >= 15 is 0 Å². The number of benzene rings is 1. The highest BCUT2D eigenvalue weighted by Gasteiger charge is 2.25. The van der Waals surface area contributed by atoms with Crippen LogP contribution in [-0.4, -0.2) is 25.6 Å². The number of nitrogens with one attached hydrogen (secondary N) is 2. The summed E-state index contributed by atoms with van der Waals surface area (Å²) in [6.45, 7) is 7.00. The fraction of sp³-hybridized carbons (Fsp3) is 0.421. The third kappa shape index (κ3) is 3.94. The first-order chi connectivity index (χ1) is 11.3. The molecule has 0 amide bonds. The van der Waals surface area contributed by atoms with Crippen molar-refractivity contribution in [1.82, 2.24) is 10.6 Å². The van der Waals surface area contributed by atoms with Crippen LogP contribution in [0.4, 0.5) is 0 Å². The van der Waals surface area contributed by atoms with Gasteiger partial charge in [-0.2, -0.15) is 11.3 Å². The van der Waals surface area contributed by atoms with Gasteiger partial charge >= 0.3 is 0 Å². The lowest BCUT2D eigenvalue weighted by Gasteiger charge is -2.30. The van der Waals surface area contributed by atoms with Crippen LogP contribution in [0.3, 0.4) is 0 Å². The molecule has 0 bridgehead atoms. The van der Waals surface area contributed by atoms with E-state index in [0.29, 0.717) is 11.8 Å². The molecular formula is C19H25N3S. The number of hydrogen-bond acceptors (Lipinski definition) is 2. The number of rotatable bonds is 6. The van der Waals surface area contributed by atoms with E-state index in [0.717, 1.165) is 25.6 Å². The molecule has 0 saturated heterocycles. The molecule has 122 valence electrons. The molecule has 23 heavy (non-hydrogen) atoms. The second-order valence-corrected chi connectivity index (χ2v) is 6.94. The first-order valence-corrected chi connectivity index (χ1v) is 9.34. The first kappa shape index (κ1) is 16.1.